The summed E-state index contributed by atoms with van der Waals surface area (Å²) in [7, 11) is 0. The molecule has 4 aliphatic rings. The maximum absolute atomic E-state index is 5.71. The molecule has 4 saturated carbocycles. The Labute approximate surface area is 109 Å². The van der Waals surface area contributed by atoms with E-state index in [1.165, 1.54) is 43.5 Å². The molecule has 0 amide bonds. The van der Waals surface area contributed by atoms with Crippen molar-refractivity contribution in [3.63, 3.8) is 0 Å². The number of nitrogens with two attached hydrogens (primary N) is 1. The fourth-order valence-corrected chi connectivity index (χ4v) is 5.33. The Bertz CT molecular complexity index is 434. The van der Waals surface area contributed by atoms with Gasteiger partial charge in [0.1, 0.15) is 5.82 Å². The van der Waals surface area contributed by atoms with E-state index in [9.17, 15) is 0 Å². The lowest BCUT2D eigenvalue weighted by Crippen LogP contribution is -2.44. The van der Waals surface area contributed by atoms with Crippen LogP contribution in [0.5, 0.6) is 0 Å². The molecule has 98 valence electrons. The summed E-state index contributed by atoms with van der Waals surface area (Å²) in [6.07, 6.45) is 7.36. The number of hydrogen-bond acceptors (Lipinski definition) is 2. The molecule has 18 heavy (non-hydrogen) atoms. The lowest BCUT2D eigenvalue weighted by atomic mass is 9.51. The summed E-state index contributed by atoms with van der Waals surface area (Å²) >= 11 is 0. The van der Waals surface area contributed by atoms with E-state index in [2.05, 4.69) is 11.9 Å². The topological polar surface area (TPSA) is 54.7 Å². The zero-order valence-corrected chi connectivity index (χ0v) is 11.2. The van der Waals surface area contributed by atoms with E-state index in [-0.39, 0.29) is 0 Å². The lowest BCUT2D eigenvalue weighted by molar-refractivity contribution is -0.00426. The van der Waals surface area contributed by atoms with Gasteiger partial charge >= 0.3 is 0 Å². The van der Waals surface area contributed by atoms with Gasteiger partial charge < -0.3 is 10.7 Å². The maximum atomic E-state index is 5.71. The summed E-state index contributed by atoms with van der Waals surface area (Å²) in [5, 5.41) is 0. The van der Waals surface area contributed by atoms with Gasteiger partial charge in [-0.3, -0.25) is 0 Å². The van der Waals surface area contributed by atoms with Crippen LogP contribution >= 0.6 is 0 Å². The largest absolute Gasteiger partial charge is 0.345 e. The highest BCUT2D eigenvalue weighted by Gasteiger charge is 2.49. The van der Waals surface area contributed by atoms with E-state index in [0.717, 1.165) is 35.4 Å². The molecule has 0 saturated heterocycles. The smallest absolute Gasteiger partial charge is 0.120 e. The van der Waals surface area contributed by atoms with Crippen LogP contribution in [0.15, 0.2) is 0 Å². The molecule has 4 bridgehead atoms. The van der Waals surface area contributed by atoms with Gasteiger partial charge in [-0.25, -0.2) is 4.98 Å². The molecule has 1 aromatic heterocycles. The number of H-pyrrole nitrogens is 1. The quantitative estimate of drug-likeness (QED) is 0.841. The molecule has 1 aromatic rings. The van der Waals surface area contributed by atoms with Gasteiger partial charge in [-0.2, -0.15) is 0 Å². The van der Waals surface area contributed by atoms with Crippen LogP contribution in [0.4, 0.5) is 0 Å². The maximum Gasteiger partial charge on any atom is 0.120 e. The van der Waals surface area contributed by atoms with Gasteiger partial charge in [0.05, 0.1) is 12.2 Å². The predicted octanol–water partition coefficient (Wildman–Crippen LogP) is 2.72. The minimum Gasteiger partial charge on any atom is -0.345 e. The van der Waals surface area contributed by atoms with E-state index in [0.29, 0.717) is 6.54 Å². The fraction of sp³-hybridized carbons (Fsp3) is 0.800. The number of hydrogen-bond donors (Lipinski definition) is 2. The Morgan fingerprint density at radius 3 is 2.22 bits per heavy atom. The van der Waals surface area contributed by atoms with Crippen LogP contribution in [-0.2, 0) is 6.54 Å². The highest BCUT2D eigenvalue weighted by Crippen LogP contribution is 2.59. The molecule has 0 atom stereocenters. The van der Waals surface area contributed by atoms with Crippen LogP contribution in [-0.4, -0.2) is 9.97 Å². The van der Waals surface area contributed by atoms with E-state index >= 15 is 0 Å². The van der Waals surface area contributed by atoms with Crippen LogP contribution in [0.25, 0.3) is 0 Å². The molecule has 3 nitrogen and oxygen atoms in total. The molecule has 3 N–H and O–H groups in total. The van der Waals surface area contributed by atoms with Crippen molar-refractivity contribution in [2.24, 2.45) is 29.4 Å². The summed E-state index contributed by atoms with van der Waals surface area (Å²) in [6, 6.07) is 0. The Morgan fingerprint density at radius 1 is 1.11 bits per heavy atom. The molecule has 1 heterocycles. The average molecular weight is 245 g/mol. The zero-order valence-electron chi connectivity index (χ0n) is 11.2. The van der Waals surface area contributed by atoms with Crippen LogP contribution in [0, 0.1) is 30.6 Å². The number of rotatable bonds is 2. The third-order valence-corrected chi connectivity index (χ3v) is 5.71. The van der Waals surface area contributed by atoms with Crippen LogP contribution in [0.1, 0.15) is 55.2 Å². The molecule has 0 radical (unpaired) electrons. The van der Waals surface area contributed by atoms with E-state index < -0.39 is 0 Å². The van der Waals surface area contributed by atoms with Gasteiger partial charge in [-0.05, 0) is 62.7 Å². The van der Waals surface area contributed by atoms with Gasteiger partial charge in [0.15, 0.2) is 0 Å². The summed E-state index contributed by atoms with van der Waals surface area (Å²) in [5.41, 5.74) is 8.34. The van der Waals surface area contributed by atoms with E-state index in [4.69, 9.17) is 10.7 Å². The molecule has 0 aromatic carbocycles. The summed E-state index contributed by atoms with van der Waals surface area (Å²) in [5.74, 6) is 5.60. The summed E-state index contributed by atoms with van der Waals surface area (Å²) in [6.45, 7) is 2.71. The lowest BCUT2D eigenvalue weighted by Gasteiger charge is -2.54. The van der Waals surface area contributed by atoms with Crippen LogP contribution in [0.3, 0.4) is 0 Å². The Hall–Kier alpha value is -0.830. The first-order chi connectivity index (χ1) is 8.74. The third-order valence-electron chi connectivity index (χ3n) is 5.71. The number of aryl methyl sites for hydroxylation is 1. The van der Waals surface area contributed by atoms with Crippen molar-refractivity contribution in [2.75, 3.05) is 0 Å². The highest BCUT2D eigenvalue weighted by atomic mass is 15.0. The predicted molar refractivity (Wildman–Crippen MR) is 71.0 cm³/mol. The zero-order chi connectivity index (χ0) is 12.3. The van der Waals surface area contributed by atoms with Crippen molar-refractivity contribution in [3.8, 4) is 0 Å². The molecule has 0 aliphatic heterocycles. The van der Waals surface area contributed by atoms with E-state index in [1.54, 1.807) is 0 Å². The molecular formula is C15H23N3. The normalized spacial score (nSPS) is 41.6. The number of nitrogens with zero attached hydrogens (tertiary/aromatic N) is 1. The van der Waals surface area contributed by atoms with Gasteiger partial charge in [0.2, 0.25) is 0 Å². The second-order valence-electron chi connectivity index (χ2n) is 6.85. The second kappa shape index (κ2) is 3.83. The SMILES string of the molecule is Cc1[nH]c(CN)nc1C1C2CC3CC(C2)CC1C3. The van der Waals surface area contributed by atoms with Gasteiger partial charge in [-0.1, -0.05) is 0 Å². The fourth-order valence-electron chi connectivity index (χ4n) is 5.33. The Balaban J connectivity index is 1.69. The van der Waals surface area contributed by atoms with Crippen LogP contribution in [0.2, 0.25) is 0 Å². The van der Waals surface area contributed by atoms with Gasteiger partial charge in [-0.15, -0.1) is 0 Å². The molecule has 0 spiro atoms. The third kappa shape index (κ3) is 1.49. The monoisotopic (exact) mass is 245 g/mol. The Kier molecular flexibility index (Phi) is 2.35. The summed E-state index contributed by atoms with van der Waals surface area (Å²) in [4.78, 5) is 8.16. The number of imidazole rings is 1. The highest BCUT2D eigenvalue weighted by molar-refractivity contribution is 5.23. The van der Waals surface area contributed by atoms with Crippen molar-refractivity contribution in [2.45, 2.75) is 51.5 Å². The molecule has 4 aliphatic carbocycles. The summed E-state index contributed by atoms with van der Waals surface area (Å²) < 4.78 is 0. The van der Waals surface area contributed by atoms with Crippen LogP contribution < -0.4 is 5.73 Å². The number of aromatic amines is 1. The molecular weight excluding hydrogens is 222 g/mol. The van der Waals surface area contributed by atoms with E-state index in [1.807, 2.05) is 0 Å². The first-order valence-corrected chi connectivity index (χ1v) is 7.50. The van der Waals surface area contributed by atoms with Crippen molar-refractivity contribution in [3.05, 3.63) is 17.2 Å². The molecule has 4 fully saturated rings. The van der Waals surface area contributed by atoms with Crippen molar-refractivity contribution in [1.82, 2.24) is 9.97 Å². The minimum absolute atomic E-state index is 0.536. The molecule has 5 rings (SSSR count). The van der Waals surface area contributed by atoms with Gasteiger partial charge in [0, 0.05) is 11.6 Å². The first-order valence-electron chi connectivity index (χ1n) is 7.50. The second-order valence-corrected chi connectivity index (χ2v) is 6.85. The number of aromatic nitrogens is 2. The minimum atomic E-state index is 0.536. The van der Waals surface area contributed by atoms with Crippen molar-refractivity contribution < 1.29 is 0 Å². The van der Waals surface area contributed by atoms with Crippen molar-refractivity contribution >= 4 is 0 Å². The Morgan fingerprint density at radius 2 is 1.72 bits per heavy atom. The molecule has 0 unspecified atom stereocenters. The molecule has 3 heteroatoms. The van der Waals surface area contributed by atoms with Gasteiger partial charge in [0.25, 0.3) is 0 Å². The first kappa shape index (κ1) is 11.0. The van der Waals surface area contributed by atoms with Crippen molar-refractivity contribution in [1.29, 1.82) is 0 Å². The standard InChI is InChI=1S/C15H23N3/c1-8-15(18-13(7-16)17-8)14-11-3-9-2-10(5-11)6-12(14)4-9/h9-12,14H,2-7,16H2,1H3,(H,17,18). The average Bonchev–Trinajstić information content (AvgIpc) is 2.69. The number of nitrogens with one attached hydrogen (secondary N) is 1.